The number of rotatable bonds is 29. The van der Waals surface area contributed by atoms with Gasteiger partial charge in [-0.2, -0.15) is 0 Å². The number of nitro benzene ring substituents is 1. The molecule has 0 bridgehead atoms. The van der Waals surface area contributed by atoms with Gasteiger partial charge in [0.2, 0.25) is 0 Å². The molecule has 1 N–H and O–H groups in total. The van der Waals surface area contributed by atoms with Crippen LogP contribution in [0.2, 0.25) is 18.1 Å². The van der Waals surface area contributed by atoms with E-state index < -0.39 is 86.3 Å². The maximum Gasteiger partial charge on any atom is 0.335 e. The molecule has 2 fully saturated rings. The van der Waals surface area contributed by atoms with Gasteiger partial charge < -0.3 is 56.9 Å². The van der Waals surface area contributed by atoms with Gasteiger partial charge in [0.15, 0.2) is 20.9 Å². The predicted molar refractivity (Wildman–Crippen MR) is 321 cm³/mol. The van der Waals surface area contributed by atoms with E-state index in [0.717, 1.165) is 39.4 Å². The van der Waals surface area contributed by atoms with Gasteiger partial charge in [0, 0.05) is 6.07 Å². The van der Waals surface area contributed by atoms with E-state index in [1.54, 1.807) is 0 Å². The fraction of sp³-hybridized carbons (Fsp3) is 0.368. The van der Waals surface area contributed by atoms with Crippen LogP contribution in [0.15, 0.2) is 200 Å². The zero-order valence-electron chi connectivity index (χ0n) is 48.8. The third-order valence-corrected chi connectivity index (χ3v) is 20.2. The molecule has 1 unspecified atom stereocenters. The maximum atomic E-state index is 12.5. The molecule has 85 heavy (non-hydrogen) atoms. The number of aromatic carboxylic acids is 1. The Morgan fingerprint density at radius 2 is 0.788 bits per heavy atom. The first-order valence-electron chi connectivity index (χ1n) is 28.8. The van der Waals surface area contributed by atoms with Crippen molar-refractivity contribution in [2.75, 3.05) is 13.2 Å². The Kier molecular flexibility index (Phi) is 22.5. The van der Waals surface area contributed by atoms with Crippen molar-refractivity contribution >= 4 is 20.0 Å². The van der Waals surface area contributed by atoms with Crippen LogP contribution < -0.4 is 0 Å². The van der Waals surface area contributed by atoms with Crippen molar-refractivity contribution in [3.05, 3.63) is 255 Å². The smallest absolute Gasteiger partial charge is 0.335 e. The van der Waals surface area contributed by atoms with Gasteiger partial charge in [-0.15, -0.1) is 0 Å². The van der Waals surface area contributed by atoms with E-state index in [1.165, 1.54) is 12.1 Å². The largest absolute Gasteiger partial charge is 0.478 e. The van der Waals surface area contributed by atoms with Crippen LogP contribution in [0.1, 0.15) is 70.1 Å². The minimum Gasteiger partial charge on any atom is -0.478 e. The average molecular weight is 1180 g/mol. The van der Waals surface area contributed by atoms with Crippen LogP contribution >= 0.6 is 0 Å². The molecule has 2 aliphatic rings. The Labute approximate surface area is 499 Å². The first-order valence-corrected chi connectivity index (χ1v) is 31.7. The highest BCUT2D eigenvalue weighted by atomic mass is 28.4. The Morgan fingerprint density at radius 1 is 0.459 bits per heavy atom. The standard InChI is InChI=1S/C68H77NO15Si/c1-68(2,3)85(4,5)82-47-58-60(75-40-49-26-14-7-15-27-49)62(77-42-51-30-18-9-19-31-51)64(79-44-53-34-22-11-23-35-53)67(84-58)81-46-57-59(74-39-48-24-12-6-13-25-48)61(76-41-50-28-16-8-17-29-50)63(78-43-52-32-20-10-21-33-52)66(83-57)80-45-55-37-36-54(65(70)71)38-56(55)69(72)73/h6-38,57-64,66-67H,39-47H2,1-5H3,(H,70,71)/t57-,58-,59-,60-,61+,62+,63+,64+,66+,67?/m1/s1. The van der Waals surface area contributed by atoms with Crippen molar-refractivity contribution < 1.29 is 66.6 Å². The fourth-order valence-corrected chi connectivity index (χ4v) is 10.9. The number of nitro groups is 1. The summed E-state index contributed by atoms with van der Waals surface area (Å²) < 4.78 is 77.2. The summed E-state index contributed by atoms with van der Waals surface area (Å²) in [7, 11) is -2.41. The van der Waals surface area contributed by atoms with Gasteiger partial charge in [0.25, 0.3) is 5.69 Å². The number of hydrogen-bond donors (Lipinski definition) is 1. The highest BCUT2D eigenvalue weighted by Gasteiger charge is 2.53. The van der Waals surface area contributed by atoms with Crippen molar-refractivity contribution in [1.82, 2.24) is 0 Å². The maximum absolute atomic E-state index is 12.5. The molecule has 2 saturated heterocycles. The number of ether oxygens (including phenoxy) is 10. The van der Waals surface area contributed by atoms with Crippen LogP contribution in [0.4, 0.5) is 5.69 Å². The zero-order valence-corrected chi connectivity index (χ0v) is 49.8. The number of carboxylic acid groups (broad SMARTS) is 1. The normalized spacial score (nSPS) is 22.6. The van der Waals surface area contributed by atoms with Crippen molar-refractivity contribution in [1.29, 1.82) is 0 Å². The molecule has 9 rings (SSSR count). The van der Waals surface area contributed by atoms with E-state index in [-0.39, 0.29) is 75.6 Å². The van der Waals surface area contributed by atoms with Crippen LogP contribution in [-0.4, -0.2) is 98.9 Å². The third-order valence-electron chi connectivity index (χ3n) is 15.7. The zero-order chi connectivity index (χ0) is 59.6. The number of hydrogen-bond acceptors (Lipinski definition) is 14. The Hall–Kier alpha value is -6.81. The molecule has 0 amide bonds. The number of carboxylic acids is 1. The van der Waals surface area contributed by atoms with E-state index in [4.69, 9.17) is 51.8 Å². The van der Waals surface area contributed by atoms with Crippen LogP contribution in [0.5, 0.6) is 0 Å². The summed E-state index contributed by atoms with van der Waals surface area (Å²) in [6, 6.07) is 62.5. The topological polar surface area (TPSA) is 182 Å². The molecule has 7 aromatic rings. The molecule has 0 saturated carbocycles. The third kappa shape index (κ3) is 17.7. The summed E-state index contributed by atoms with van der Waals surface area (Å²) in [6.07, 6.45) is -9.51. The number of benzene rings is 7. The lowest BCUT2D eigenvalue weighted by Crippen LogP contribution is -2.64. The molecule has 0 aliphatic carbocycles. The molecular formula is C68H77NO15Si. The molecule has 448 valence electrons. The van der Waals surface area contributed by atoms with Crippen LogP contribution in [-0.2, 0) is 98.0 Å². The van der Waals surface area contributed by atoms with E-state index in [9.17, 15) is 20.0 Å². The lowest BCUT2D eigenvalue weighted by molar-refractivity contribution is -0.386. The van der Waals surface area contributed by atoms with Crippen molar-refractivity contribution in [2.45, 2.75) is 147 Å². The SMILES string of the molecule is CC(C)(C)[Si](C)(C)OC[C@H]1OC(OC[C@H]2O[C@H](OCc3ccc(C(=O)O)cc3[N+](=O)[O-])[C@@H](OCc3ccccc3)[C@@H](OCc3ccccc3)[C@@H]2OCc2ccccc2)[C@@H](OCc2ccccc2)[C@@H](OCc2ccccc2)[C@@H]1OCc1ccccc1. The Morgan fingerprint density at radius 3 is 1.13 bits per heavy atom. The van der Waals surface area contributed by atoms with Gasteiger partial charge in [0.1, 0.15) is 48.8 Å². The van der Waals surface area contributed by atoms with Gasteiger partial charge in [0.05, 0.1) is 75.5 Å². The monoisotopic (exact) mass is 1180 g/mol. The molecule has 0 spiro atoms. The van der Waals surface area contributed by atoms with Crippen molar-refractivity contribution in [3.63, 3.8) is 0 Å². The van der Waals surface area contributed by atoms with Crippen LogP contribution in [0.3, 0.4) is 0 Å². The molecule has 0 radical (unpaired) electrons. The average Bonchev–Trinajstić information content (AvgIpc) is 3.38. The Bertz CT molecular complexity index is 3120. The van der Waals surface area contributed by atoms with Gasteiger partial charge in [-0.3, -0.25) is 10.1 Å². The van der Waals surface area contributed by atoms with E-state index in [0.29, 0.717) is 0 Å². The number of nitrogens with zero attached hydrogens (tertiary/aromatic N) is 1. The predicted octanol–water partition coefficient (Wildman–Crippen LogP) is 12.8. The minimum atomic E-state index is -2.41. The minimum absolute atomic E-state index is 0.104. The van der Waals surface area contributed by atoms with E-state index in [1.807, 2.05) is 182 Å². The van der Waals surface area contributed by atoms with Gasteiger partial charge >= 0.3 is 5.97 Å². The quantitative estimate of drug-likeness (QED) is 0.0265. The van der Waals surface area contributed by atoms with E-state index in [2.05, 4.69) is 33.9 Å². The summed E-state index contributed by atoms with van der Waals surface area (Å²) in [5, 5.41) is 22.2. The summed E-state index contributed by atoms with van der Waals surface area (Å²) >= 11 is 0. The molecule has 2 aliphatic heterocycles. The summed E-state index contributed by atoms with van der Waals surface area (Å²) in [4.78, 5) is 23.9. The summed E-state index contributed by atoms with van der Waals surface area (Å²) in [5.74, 6) is -1.31. The second kappa shape index (κ2) is 30.5. The van der Waals surface area contributed by atoms with Crippen molar-refractivity contribution in [2.24, 2.45) is 0 Å². The fourth-order valence-electron chi connectivity index (χ4n) is 9.89. The Balaban J connectivity index is 1.12. The molecule has 17 heteroatoms. The lowest BCUT2D eigenvalue weighted by atomic mass is 9.96. The second-order valence-electron chi connectivity index (χ2n) is 22.8. The van der Waals surface area contributed by atoms with Crippen LogP contribution in [0.25, 0.3) is 0 Å². The molecule has 0 aromatic heterocycles. The highest BCUT2D eigenvalue weighted by Crippen LogP contribution is 2.39. The van der Waals surface area contributed by atoms with Gasteiger partial charge in [-0.1, -0.05) is 203 Å². The van der Waals surface area contributed by atoms with Gasteiger partial charge in [-0.05, 0) is 63.6 Å². The molecular weight excluding hydrogens is 1100 g/mol. The summed E-state index contributed by atoms with van der Waals surface area (Å²) in [5.41, 5.74) is 4.87. The second-order valence-corrected chi connectivity index (χ2v) is 27.6. The van der Waals surface area contributed by atoms with Crippen molar-refractivity contribution in [3.8, 4) is 0 Å². The van der Waals surface area contributed by atoms with Crippen LogP contribution in [0, 0.1) is 10.1 Å². The number of carbonyl (C=O) groups is 1. The van der Waals surface area contributed by atoms with Gasteiger partial charge in [-0.25, -0.2) is 4.79 Å². The first-order chi connectivity index (χ1) is 41.2. The first kappa shape index (κ1) is 62.7. The molecule has 16 nitrogen and oxygen atoms in total. The lowest BCUT2D eigenvalue weighted by Gasteiger charge is -2.48. The molecule has 7 aromatic carbocycles. The van der Waals surface area contributed by atoms with E-state index >= 15 is 0 Å². The molecule has 2 heterocycles. The highest BCUT2D eigenvalue weighted by molar-refractivity contribution is 6.74. The molecule has 10 atom stereocenters. The summed E-state index contributed by atoms with van der Waals surface area (Å²) in [6.45, 7) is 11.6.